The molecule has 0 atom stereocenters. The van der Waals surface area contributed by atoms with Crippen LogP contribution in [0.5, 0.6) is 0 Å². The van der Waals surface area contributed by atoms with Gasteiger partial charge in [-0.2, -0.15) is 0 Å². The maximum atomic E-state index is 9.75. The fourth-order valence-corrected chi connectivity index (χ4v) is 2.71. The van der Waals surface area contributed by atoms with Gasteiger partial charge in [0.05, 0.1) is 16.5 Å². The standard InChI is InChI=1S/C21H15O.BF4/c1-3-9-16(10-4-1)19-15-18-13-7-8-14-20(18)22-21(19)17-11-5-2-6-12-17;2-1(3,4)5/h1-15H;/q+1;-1. The topological polar surface area (TPSA) is 11.3 Å². The first kappa shape index (κ1) is 18.6. The van der Waals surface area contributed by atoms with Gasteiger partial charge >= 0.3 is 18.6 Å². The Balaban J connectivity index is 0.000000376. The highest BCUT2D eigenvalue weighted by atomic mass is 19.5. The average Bonchev–Trinajstić information content (AvgIpc) is 2.67. The van der Waals surface area contributed by atoms with Crippen LogP contribution in [0.25, 0.3) is 33.4 Å². The van der Waals surface area contributed by atoms with Crippen molar-refractivity contribution in [1.82, 2.24) is 0 Å². The summed E-state index contributed by atoms with van der Waals surface area (Å²) in [7, 11) is -6.00. The highest BCUT2D eigenvalue weighted by Crippen LogP contribution is 2.35. The summed E-state index contributed by atoms with van der Waals surface area (Å²) in [5, 5.41) is 1.11. The monoisotopic (exact) mass is 370 g/mol. The highest BCUT2D eigenvalue weighted by molar-refractivity contribution is 6.50. The molecule has 0 saturated heterocycles. The molecule has 1 aromatic heterocycles. The van der Waals surface area contributed by atoms with E-state index in [4.69, 9.17) is 4.42 Å². The lowest BCUT2D eigenvalue weighted by atomic mass is 9.99. The summed E-state index contributed by atoms with van der Waals surface area (Å²) in [6, 6.07) is 31.0. The quantitative estimate of drug-likeness (QED) is 0.204. The van der Waals surface area contributed by atoms with E-state index in [1.807, 2.05) is 42.5 Å². The average molecular weight is 370 g/mol. The van der Waals surface area contributed by atoms with Crippen molar-refractivity contribution in [2.75, 3.05) is 0 Å². The minimum Gasteiger partial charge on any atom is -0.418 e. The normalized spacial score (nSPS) is 11.0. The third-order valence-corrected chi connectivity index (χ3v) is 3.80. The van der Waals surface area contributed by atoms with Gasteiger partial charge in [-0.1, -0.05) is 60.7 Å². The van der Waals surface area contributed by atoms with Crippen LogP contribution in [0.2, 0.25) is 0 Å². The van der Waals surface area contributed by atoms with Crippen molar-refractivity contribution in [3.8, 4) is 22.5 Å². The van der Waals surface area contributed by atoms with E-state index in [0.717, 1.165) is 33.4 Å². The molecule has 0 bridgehead atoms. The van der Waals surface area contributed by atoms with E-state index < -0.39 is 7.25 Å². The lowest BCUT2D eigenvalue weighted by Gasteiger charge is -2.02. The first-order valence-corrected chi connectivity index (χ1v) is 8.26. The second-order valence-corrected chi connectivity index (χ2v) is 5.75. The summed E-state index contributed by atoms with van der Waals surface area (Å²) in [5.74, 6) is 0.908. The number of para-hydroxylation sites is 1. The van der Waals surface area contributed by atoms with Crippen LogP contribution in [-0.2, 0) is 0 Å². The molecule has 0 saturated carbocycles. The lowest BCUT2D eigenvalue weighted by Crippen LogP contribution is -2.02. The molecule has 0 amide bonds. The minimum atomic E-state index is -6.00. The van der Waals surface area contributed by atoms with E-state index >= 15 is 0 Å². The van der Waals surface area contributed by atoms with Crippen LogP contribution in [0.15, 0.2) is 95.4 Å². The molecule has 0 N–H and O–H groups in total. The fraction of sp³-hybridized carbons (Fsp3) is 0. The first-order valence-electron chi connectivity index (χ1n) is 8.26. The van der Waals surface area contributed by atoms with E-state index in [1.165, 1.54) is 0 Å². The van der Waals surface area contributed by atoms with Gasteiger partial charge in [0.15, 0.2) is 0 Å². The van der Waals surface area contributed by atoms with Crippen molar-refractivity contribution in [2.45, 2.75) is 0 Å². The molecule has 1 nitrogen and oxygen atoms in total. The molecule has 4 rings (SSSR count). The SMILES string of the molecule is F[B-](F)(F)F.c1ccc(-c2cc3ccccc3[o+]c2-c2ccccc2)cc1. The molecule has 6 heteroatoms. The molecule has 0 aliphatic carbocycles. The molecule has 0 radical (unpaired) electrons. The molecule has 4 aromatic rings. The second-order valence-electron chi connectivity index (χ2n) is 5.75. The molecule has 0 aliphatic rings. The van der Waals surface area contributed by atoms with Crippen molar-refractivity contribution in [1.29, 1.82) is 0 Å². The molecule has 136 valence electrons. The summed E-state index contributed by atoms with van der Waals surface area (Å²) < 4.78 is 45.2. The maximum absolute atomic E-state index is 9.75. The predicted molar refractivity (Wildman–Crippen MR) is 102 cm³/mol. The number of hydrogen-bond donors (Lipinski definition) is 0. The molecule has 0 spiro atoms. The van der Waals surface area contributed by atoms with Gasteiger partial charge in [0.2, 0.25) is 0 Å². The summed E-state index contributed by atoms with van der Waals surface area (Å²) in [5.41, 5.74) is 4.27. The van der Waals surface area contributed by atoms with Crippen LogP contribution < -0.4 is 0 Å². The van der Waals surface area contributed by atoms with Gasteiger partial charge in [0, 0.05) is 6.07 Å². The van der Waals surface area contributed by atoms with Crippen molar-refractivity contribution in [3.05, 3.63) is 91.0 Å². The number of benzene rings is 3. The smallest absolute Gasteiger partial charge is 0.418 e. The van der Waals surface area contributed by atoms with Gasteiger partial charge in [-0.3, -0.25) is 0 Å². The fourth-order valence-electron chi connectivity index (χ4n) is 2.71. The van der Waals surface area contributed by atoms with Crippen LogP contribution in [0.4, 0.5) is 17.3 Å². The van der Waals surface area contributed by atoms with Crippen LogP contribution in [-0.4, -0.2) is 7.25 Å². The van der Waals surface area contributed by atoms with Gasteiger partial charge in [-0.25, -0.2) is 4.42 Å². The van der Waals surface area contributed by atoms with E-state index in [1.54, 1.807) is 0 Å². The van der Waals surface area contributed by atoms with Gasteiger partial charge in [0.25, 0.3) is 0 Å². The molecule has 27 heavy (non-hydrogen) atoms. The maximum Gasteiger partial charge on any atom is 0.673 e. The van der Waals surface area contributed by atoms with E-state index in [0.29, 0.717) is 0 Å². The number of fused-ring (bicyclic) bond motifs is 1. The minimum absolute atomic E-state index is 0.904. The Morgan fingerprint density at radius 3 is 1.67 bits per heavy atom. The number of hydrogen-bond acceptors (Lipinski definition) is 0. The van der Waals surface area contributed by atoms with Crippen LogP contribution >= 0.6 is 0 Å². The van der Waals surface area contributed by atoms with Crippen LogP contribution in [0.3, 0.4) is 0 Å². The summed E-state index contributed by atoms with van der Waals surface area (Å²) >= 11 is 0. The summed E-state index contributed by atoms with van der Waals surface area (Å²) in [6.07, 6.45) is 0. The molecule has 0 fully saturated rings. The Labute approximate surface area is 154 Å². The highest BCUT2D eigenvalue weighted by Gasteiger charge is 2.22. The van der Waals surface area contributed by atoms with Crippen molar-refractivity contribution in [3.63, 3.8) is 0 Å². The zero-order valence-corrected chi connectivity index (χ0v) is 14.2. The first-order chi connectivity index (χ1) is 12.9. The second kappa shape index (κ2) is 8.04. The van der Waals surface area contributed by atoms with Gasteiger partial charge in [-0.15, -0.1) is 0 Å². The van der Waals surface area contributed by atoms with Gasteiger partial charge < -0.3 is 17.3 Å². The van der Waals surface area contributed by atoms with Gasteiger partial charge in [0.1, 0.15) is 0 Å². The predicted octanol–water partition coefficient (Wildman–Crippen LogP) is 7.35. The number of rotatable bonds is 2. The molecule has 0 aliphatic heterocycles. The Morgan fingerprint density at radius 2 is 1.07 bits per heavy atom. The third-order valence-electron chi connectivity index (χ3n) is 3.80. The Kier molecular flexibility index (Phi) is 5.55. The largest absolute Gasteiger partial charge is 0.673 e. The Bertz CT molecular complexity index is 934. The lowest BCUT2D eigenvalue weighted by molar-refractivity contribution is 0.368. The van der Waals surface area contributed by atoms with E-state index in [2.05, 4.69) is 48.5 Å². The molecule has 0 unspecified atom stereocenters. The molecular formula is C21H15BF4O. The van der Waals surface area contributed by atoms with Gasteiger partial charge in [-0.05, 0) is 29.8 Å². The zero-order valence-electron chi connectivity index (χ0n) is 14.2. The summed E-state index contributed by atoms with van der Waals surface area (Å²) in [6.45, 7) is 0. The van der Waals surface area contributed by atoms with Crippen LogP contribution in [0.1, 0.15) is 0 Å². The number of halogens is 4. The third kappa shape index (κ3) is 5.17. The molecule has 1 heterocycles. The van der Waals surface area contributed by atoms with Crippen molar-refractivity contribution in [2.24, 2.45) is 0 Å². The van der Waals surface area contributed by atoms with Crippen molar-refractivity contribution < 1.29 is 21.7 Å². The Hall–Kier alpha value is -3.15. The van der Waals surface area contributed by atoms with Crippen LogP contribution in [0, 0.1) is 0 Å². The molecule has 3 aromatic carbocycles. The summed E-state index contributed by atoms with van der Waals surface area (Å²) in [4.78, 5) is 0. The van der Waals surface area contributed by atoms with Crippen molar-refractivity contribution >= 4 is 18.2 Å². The van der Waals surface area contributed by atoms with E-state index in [-0.39, 0.29) is 0 Å². The molecular weight excluding hydrogens is 355 g/mol. The Morgan fingerprint density at radius 1 is 0.593 bits per heavy atom. The zero-order chi connectivity index (χ0) is 19.3. The van der Waals surface area contributed by atoms with E-state index in [9.17, 15) is 17.3 Å².